The van der Waals surface area contributed by atoms with E-state index in [2.05, 4.69) is 17.1 Å². The van der Waals surface area contributed by atoms with E-state index in [4.69, 9.17) is 5.73 Å². The van der Waals surface area contributed by atoms with Gasteiger partial charge in [0, 0.05) is 16.5 Å². The molecule has 0 radical (unpaired) electrons. The van der Waals surface area contributed by atoms with Gasteiger partial charge in [0.15, 0.2) is 0 Å². The van der Waals surface area contributed by atoms with Gasteiger partial charge in [-0.1, -0.05) is 48.5 Å². The van der Waals surface area contributed by atoms with Gasteiger partial charge in [-0.15, -0.1) is 0 Å². The molecule has 0 bridgehead atoms. The lowest BCUT2D eigenvalue weighted by Gasteiger charge is -2.10. The van der Waals surface area contributed by atoms with Crippen molar-refractivity contribution in [3.05, 3.63) is 71.8 Å². The number of nitrogens with one attached hydrogen (secondary N) is 1. The molecule has 0 spiro atoms. The van der Waals surface area contributed by atoms with Crippen LogP contribution in [-0.2, 0) is 12.6 Å². The molecule has 0 saturated carbocycles. The highest BCUT2D eigenvalue weighted by atomic mass is 19.4. The average Bonchev–Trinajstić information content (AvgIpc) is 3.07. The number of aromatic nitrogens is 1. The summed E-state index contributed by atoms with van der Waals surface area (Å²) < 4.78 is 39.7. The number of fused-ring (bicyclic) bond motifs is 3. The molecular weight excluding hydrogens is 361 g/mol. The highest BCUT2D eigenvalue weighted by Crippen LogP contribution is 2.37. The normalized spacial score (nSPS) is 12.1. The molecule has 3 aromatic carbocycles. The number of aryl methyl sites for hydroxylation is 1. The molecule has 0 aliphatic carbocycles. The Morgan fingerprint density at radius 1 is 0.857 bits per heavy atom. The predicted octanol–water partition coefficient (Wildman–Crippen LogP) is 6.29. The van der Waals surface area contributed by atoms with Gasteiger partial charge < -0.3 is 10.7 Å². The largest absolute Gasteiger partial charge is 0.416 e. The van der Waals surface area contributed by atoms with E-state index in [0.717, 1.165) is 58.3 Å². The Bertz CT molecular complexity index is 1130. The molecule has 0 aliphatic heterocycles. The second-order valence-electron chi connectivity index (χ2n) is 7.01. The van der Waals surface area contributed by atoms with Crippen molar-refractivity contribution in [2.24, 2.45) is 5.73 Å². The molecule has 0 aliphatic rings. The first-order valence-electron chi connectivity index (χ1n) is 9.39. The van der Waals surface area contributed by atoms with Crippen LogP contribution in [0.5, 0.6) is 0 Å². The summed E-state index contributed by atoms with van der Waals surface area (Å²) in [6.45, 7) is 0.601. The molecule has 4 rings (SSSR count). The van der Waals surface area contributed by atoms with Crippen LogP contribution in [0.25, 0.3) is 32.9 Å². The molecule has 1 heterocycles. The molecule has 0 unspecified atom stereocenters. The first-order chi connectivity index (χ1) is 13.5. The van der Waals surface area contributed by atoms with Gasteiger partial charge in [0.1, 0.15) is 0 Å². The lowest BCUT2D eigenvalue weighted by molar-refractivity contribution is -0.137. The van der Waals surface area contributed by atoms with Crippen LogP contribution < -0.4 is 5.73 Å². The Labute approximate surface area is 161 Å². The van der Waals surface area contributed by atoms with Crippen molar-refractivity contribution >= 4 is 21.7 Å². The lowest BCUT2D eigenvalue weighted by Crippen LogP contribution is -2.04. The summed E-state index contributed by atoms with van der Waals surface area (Å²) >= 11 is 0. The van der Waals surface area contributed by atoms with E-state index < -0.39 is 11.7 Å². The average molecular weight is 382 g/mol. The van der Waals surface area contributed by atoms with Crippen LogP contribution in [0, 0.1) is 0 Å². The Kier molecular flexibility index (Phi) is 4.85. The monoisotopic (exact) mass is 382 g/mol. The number of unbranched alkanes of at least 4 members (excludes halogenated alkanes) is 1. The van der Waals surface area contributed by atoms with E-state index in [1.807, 2.05) is 24.3 Å². The topological polar surface area (TPSA) is 41.8 Å². The fourth-order valence-corrected chi connectivity index (χ4v) is 3.80. The molecule has 0 atom stereocenters. The molecule has 4 aromatic rings. The number of nitrogens with two attached hydrogens (primary N) is 1. The summed E-state index contributed by atoms with van der Waals surface area (Å²) in [6, 6.07) is 17.7. The summed E-state index contributed by atoms with van der Waals surface area (Å²) in [5.74, 6) is 0. The van der Waals surface area contributed by atoms with Gasteiger partial charge in [-0.2, -0.15) is 13.2 Å². The summed E-state index contributed by atoms with van der Waals surface area (Å²) in [4.78, 5) is 3.43. The Hall–Kier alpha value is -2.79. The molecule has 28 heavy (non-hydrogen) atoms. The minimum absolute atomic E-state index is 0.554. The van der Waals surface area contributed by atoms with Crippen LogP contribution in [0.1, 0.15) is 24.0 Å². The highest BCUT2D eigenvalue weighted by Gasteiger charge is 2.30. The standard InChI is InChI=1S/C23H21F3N2/c24-23(25,26)17-8-5-7-16(14-17)21-19(10-3-4-13-27)20-12-11-15-6-1-2-9-18(15)22(20)28-21/h1-2,5-9,11-12,14,28H,3-4,10,13,27H2. The maximum atomic E-state index is 13.2. The molecule has 5 heteroatoms. The minimum atomic E-state index is -4.37. The highest BCUT2D eigenvalue weighted by molar-refractivity contribution is 6.08. The van der Waals surface area contributed by atoms with E-state index in [-0.39, 0.29) is 0 Å². The maximum absolute atomic E-state index is 13.2. The Morgan fingerprint density at radius 2 is 1.68 bits per heavy atom. The third-order valence-corrected chi connectivity index (χ3v) is 5.17. The van der Waals surface area contributed by atoms with Crippen molar-refractivity contribution in [3.63, 3.8) is 0 Å². The molecule has 0 saturated heterocycles. The number of hydrogen-bond donors (Lipinski definition) is 2. The number of benzene rings is 3. The second-order valence-corrected chi connectivity index (χ2v) is 7.01. The fourth-order valence-electron chi connectivity index (χ4n) is 3.80. The van der Waals surface area contributed by atoms with Crippen LogP contribution in [0.4, 0.5) is 13.2 Å². The van der Waals surface area contributed by atoms with Gasteiger partial charge in [-0.25, -0.2) is 0 Å². The zero-order chi connectivity index (χ0) is 19.7. The van der Waals surface area contributed by atoms with E-state index in [0.29, 0.717) is 12.1 Å². The summed E-state index contributed by atoms with van der Waals surface area (Å²) in [5, 5.41) is 3.22. The quantitative estimate of drug-likeness (QED) is 0.391. The summed E-state index contributed by atoms with van der Waals surface area (Å²) in [7, 11) is 0. The predicted molar refractivity (Wildman–Crippen MR) is 108 cm³/mol. The van der Waals surface area contributed by atoms with Crippen molar-refractivity contribution in [1.82, 2.24) is 4.98 Å². The number of hydrogen-bond acceptors (Lipinski definition) is 1. The SMILES string of the molecule is NCCCCc1c(-c2cccc(C(F)(F)F)c2)[nH]c2c1ccc1ccccc12. The van der Waals surface area contributed by atoms with Crippen molar-refractivity contribution in [3.8, 4) is 11.3 Å². The van der Waals surface area contributed by atoms with Crippen LogP contribution in [-0.4, -0.2) is 11.5 Å². The van der Waals surface area contributed by atoms with Crippen molar-refractivity contribution in [2.45, 2.75) is 25.4 Å². The van der Waals surface area contributed by atoms with Gasteiger partial charge in [-0.3, -0.25) is 0 Å². The van der Waals surface area contributed by atoms with Gasteiger partial charge in [0.05, 0.1) is 11.1 Å². The molecule has 0 amide bonds. The molecule has 3 N–H and O–H groups in total. The van der Waals surface area contributed by atoms with Crippen LogP contribution in [0.3, 0.4) is 0 Å². The molecule has 1 aromatic heterocycles. The fraction of sp³-hybridized carbons (Fsp3) is 0.217. The van der Waals surface area contributed by atoms with Crippen LogP contribution >= 0.6 is 0 Å². The molecular formula is C23H21F3N2. The molecule has 144 valence electrons. The van der Waals surface area contributed by atoms with E-state index in [1.54, 1.807) is 6.07 Å². The third kappa shape index (κ3) is 3.38. The van der Waals surface area contributed by atoms with E-state index in [9.17, 15) is 13.2 Å². The lowest BCUT2D eigenvalue weighted by atomic mass is 9.98. The van der Waals surface area contributed by atoms with Crippen molar-refractivity contribution < 1.29 is 13.2 Å². The van der Waals surface area contributed by atoms with Crippen LogP contribution in [0.15, 0.2) is 60.7 Å². The number of H-pyrrole nitrogens is 1. The third-order valence-electron chi connectivity index (χ3n) is 5.17. The number of alkyl halides is 3. The molecule has 0 fully saturated rings. The van der Waals surface area contributed by atoms with Gasteiger partial charge >= 0.3 is 6.18 Å². The Balaban J connectivity index is 1.93. The van der Waals surface area contributed by atoms with Crippen molar-refractivity contribution in [2.75, 3.05) is 6.54 Å². The van der Waals surface area contributed by atoms with Gasteiger partial charge in [0.25, 0.3) is 0 Å². The first kappa shape index (κ1) is 18.6. The van der Waals surface area contributed by atoms with Crippen LogP contribution in [0.2, 0.25) is 0 Å². The van der Waals surface area contributed by atoms with Gasteiger partial charge in [-0.05, 0) is 54.5 Å². The second kappa shape index (κ2) is 7.32. The minimum Gasteiger partial charge on any atom is -0.354 e. The summed E-state index contributed by atoms with van der Waals surface area (Å²) in [6.07, 6.45) is -1.83. The zero-order valence-electron chi connectivity index (χ0n) is 15.3. The summed E-state index contributed by atoms with van der Waals surface area (Å²) in [5.41, 5.74) is 8.33. The van der Waals surface area contributed by atoms with Gasteiger partial charge in [0.2, 0.25) is 0 Å². The Morgan fingerprint density at radius 3 is 2.46 bits per heavy atom. The van der Waals surface area contributed by atoms with Crippen molar-refractivity contribution in [1.29, 1.82) is 0 Å². The van der Waals surface area contributed by atoms with E-state index in [1.165, 1.54) is 12.1 Å². The smallest absolute Gasteiger partial charge is 0.354 e. The molecule has 2 nitrogen and oxygen atoms in total. The maximum Gasteiger partial charge on any atom is 0.416 e. The zero-order valence-corrected chi connectivity index (χ0v) is 15.3. The number of rotatable bonds is 5. The van der Waals surface area contributed by atoms with E-state index >= 15 is 0 Å². The number of halogens is 3. The number of aromatic amines is 1. The first-order valence-corrected chi connectivity index (χ1v) is 9.39.